The highest BCUT2D eigenvalue weighted by atomic mass is 79.9. The Labute approximate surface area is 95.8 Å². The summed E-state index contributed by atoms with van der Waals surface area (Å²) in [5, 5.41) is 0.973. The molecule has 0 unspecified atom stereocenters. The highest BCUT2D eigenvalue weighted by Gasteiger charge is 2.17. The van der Waals surface area contributed by atoms with E-state index in [9.17, 15) is 4.79 Å². The van der Waals surface area contributed by atoms with Crippen LogP contribution < -0.4 is 4.90 Å². The molecule has 0 saturated carbocycles. The molecule has 0 N–H and O–H groups in total. The molecule has 15 heavy (non-hydrogen) atoms. The predicted octanol–water partition coefficient (Wildman–Crippen LogP) is 3.18. The van der Waals surface area contributed by atoms with Crippen molar-refractivity contribution in [3.8, 4) is 0 Å². The molecule has 0 fully saturated rings. The van der Waals surface area contributed by atoms with Crippen LogP contribution >= 0.6 is 15.9 Å². The van der Waals surface area contributed by atoms with Gasteiger partial charge in [0.25, 0.3) is 0 Å². The number of furan rings is 1. The first-order valence-electron chi connectivity index (χ1n) is 4.52. The maximum absolute atomic E-state index is 11.2. The summed E-state index contributed by atoms with van der Waals surface area (Å²) in [5.74, 6) is 0.485. The fourth-order valence-electron chi connectivity index (χ4n) is 1.36. The Bertz CT molecular complexity index is 518. The van der Waals surface area contributed by atoms with Crippen LogP contribution in [-0.4, -0.2) is 13.0 Å². The van der Waals surface area contributed by atoms with Crippen LogP contribution in [0.4, 0.5) is 5.88 Å². The van der Waals surface area contributed by atoms with Gasteiger partial charge in [-0.1, -0.05) is 12.1 Å². The Morgan fingerprint density at radius 3 is 2.67 bits per heavy atom. The highest BCUT2D eigenvalue weighted by molar-refractivity contribution is 9.10. The van der Waals surface area contributed by atoms with Crippen molar-refractivity contribution in [2.24, 2.45) is 0 Å². The number of anilines is 1. The van der Waals surface area contributed by atoms with Gasteiger partial charge < -0.3 is 4.42 Å². The lowest BCUT2D eigenvalue weighted by molar-refractivity contribution is -0.116. The van der Waals surface area contributed by atoms with Gasteiger partial charge >= 0.3 is 0 Å². The average Bonchev–Trinajstić information content (AvgIpc) is 2.56. The summed E-state index contributed by atoms with van der Waals surface area (Å²) in [6, 6.07) is 7.65. The summed E-state index contributed by atoms with van der Waals surface area (Å²) in [6.07, 6.45) is 0. The number of amides is 1. The number of hydrogen-bond acceptors (Lipinski definition) is 2. The molecule has 1 amide bonds. The summed E-state index contributed by atoms with van der Waals surface area (Å²) >= 11 is 3.43. The number of nitrogens with zero attached hydrogens (tertiary/aromatic N) is 1. The summed E-state index contributed by atoms with van der Waals surface area (Å²) in [4.78, 5) is 12.7. The van der Waals surface area contributed by atoms with Crippen molar-refractivity contribution in [2.75, 3.05) is 11.9 Å². The van der Waals surface area contributed by atoms with E-state index in [1.165, 1.54) is 11.8 Å². The number of carbonyl (C=O) groups is 1. The number of rotatable bonds is 1. The van der Waals surface area contributed by atoms with Crippen molar-refractivity contribution >= 4 is 38.7 Å². The van der Waals surface area contributed by atoms with Crippen molar-refractivity contribution in [1.82, 2.24) is 0 Å². The van der Waals surface area contributed by atoms with Crippen molar-refractivity contribution in [3.05, 3.63) is 28.7 Å². The van der Waals surface area contributed by atoms with E-state index in [0.29, 0.717) is 5.88 Å². The molecule has 0 radical (unpaired) electrons. The van der Waals surface area contributed by atoms with E-state index < -0.39 is 0 Å². The van der Waals surface area contributed by atoms with Gasteiger partial charge in [0.15, 0.2) is 0 Å². The summed E-state index contributed by atoms with van der Waals surface area (Å²) in [5.41, 5.74) is 0.771. The van der Waals surface area contributed by atoms with Gasteiger partial charge in [0.05, 0.1) is 4.47 Å². The van der Waals surface area contributed by atoms with Gasteiger partial charge in [0, 0.05) is 19.4 Å². The Morgan fingerprint density at radius 1 is 1.40 bits per heavy atom. The number of benzene rings is 1. The smallest absolute Gasteiger partial charge is 0.225 e. The molecule has 0 bridgehead atoms. The van der Waals surface area contributed by atoms with Crippen LogP contribution in [0, 0.1) is 0 Å². The molecule has 2 rings (SSSR count). The zero-order valence-corrected chi connectivity index (χ0v) is 10.0. The maximum Gasteiger partial charge on any atom is 0.225 e. The number of fused-ring (bicyclic) bond motifs is 1. The van der Waals surface area contributed by atoms with E-state index in [0.717, 1.165) is 15.4 Å². The standard InChI is InChI=1S/C11H10BrNO2/c1-7(14)13(2)11-10(12)8-5-3-4-6-9(8)15-11/h3-6H,1-2H3. The van der Waals surface area contributed by atoms with Gasteiger partial charge in [-0.05, 0) is 28.1 Å². The lowest BCUT2D eigenvalue weighted by Gasteiger charge is -2.10. The van der Waals surface area contributed by atoms with Crippen LogP contribution in [0.3, 0.4) is 0 Å². The van der Waals surface area contributed by atoms with Crippen molar-refractivity contribution in [2.45, 2.75) is 6.92 Å². The fourth-order valence-corrected chi connectivity index (χ4v) is 2.03. The van der Waals surface area contributed by atoms with E-state index in [-0.39, 0.29) is 5.91 Å². The third-order valence-electron chi connectivity index (χ3n) is 2.29. The van der Waals surface area contributed by atoms with Crippen LogP contribution in [0.25, 0.3) is 11.0 Å². The molecule has 1 aromatic carbocycles. The zero-order valence-electron chi connectivity index (χ0n) is 8.45. The first-order valence-corrected chi connectivity index (χ1v) is 5.32. The van der Waals surface area contributed by atoms with Crippen LogP contribution in [-0.2, 0) is 4.79 Å². The quantitative estimate of drug-likeness (QED) is 0.795. The molecular weight excluding hydrogens is 258 g/mol. The number of halogens is 1. The van der Waals surface area contributed by atoms with Gasteiger partial charge in [0.2, 0.25) is 11.8 Å². The van der Waals surface area contributed by atoms with Crippen LogP contribution in [0.15, 0.2) is 33.2 Å². The molecular formula is C11H10BrNO2. The van der Waals surface area contributed by atoms with Crippen molar-refractivity contribution < 1.29 is 9.21 Å². The molecule has 0 aliphatic heterocycles. The number of para-hydroxylation sites is 1. The average molecular weight is 268 g/mol. The molecule has 1 heterocycles. The summed E-state index contributed by atoms with van der Waals surface area (Å²) < 4.78 is 6.40. The Balaban J connectivity index is 2.63. The highest BCUT2D eigenvalue weighted by Crippen LogP contribution is 2.36. The molecule has 0 atom stereocenters. The van der Waals surface area contributed by atoms with E-state index in [2.05, 4.69) is 15.9 Å². The summed E-state index contributed by atoms with van der Waals surface area (Å²) in [6.45, 7) is 1.50. The molecule has 0 spiro atoms. The van der Waals surface area contributed by atoms with Crippen molar-refractivity contribution in [1.29, 1.82) is 0 Å². The first kappa shape index (κ1) is 10.2. The second kappa shape index (κ2) is 3.70. The molecule has 4 heteroatoms. The molecule has 0 aliphatic carbocycles. The third kappa shape index (κ3) is 1.65. The molecule has 0 saturated heterocycles. The van der Waals surface area contributed by atoms with Gasteiger partial charge in [-0.3, -0.25) is 9.69 Å². The normalized spacial score (nSPS) is 10.6. The van der Waals surface area contributed by atoms with Gasteiger partial charge in [0.1, 0.15) is 5.58 Å². The second-order valence-corrected chi connectivity index (χ2v) is 4.09. The van der Waals surface area contributed by atoms with Crippen molar-refractivity contribution in [3.63, 3.8) is 0 Å². The maximum atomic E-state index is 11.2. The lowest BCUT2D eigenvalue weighted by Crippen LogP contribution is -2.22. The van der Waals surface area contributed by atoms with Gasteiger partial charge in [-0.25, -0.2) is 0 Å². The van der Waals surface area contributed by atoms with Crippen LogP contribution in [0.5, 0.6) is 0 Å². The minimum Gasteiger partial charge on any atom is -0.439 e. The predicted molar refractivity (Wildman–Crippen MR) is 63.0 cm³/mol. The van der Waals surface area contributed by atoms with E-state index in [1.807, 2.05) is 24.3 Å². The Morgan fingerprint density at radius 2 is 2.07 bits per heavy atom. The molecule has 78 valence electrons. The van der Waals surface area contributed by atoms with Gasteiger partial charge in [-0.15, -0.1) is 0 Å². The molecule has 1 aromatic heterocycles. The van der Waals surface area contributed by atoms with E-state index >= 15 is 0 Å². The SMILES string of the molecule is CC(=O)N(C)c1oc2ccccc2c1Br. The second-order valence-electron chi connectivity index (χ2n) is 3.30. The lowest BCUT2D eigenvalue weighted by atomic mass is 10.2. The fraction of sp³-hybridized carbons (Fsp3) is 0.182. The topological polar surface area (TPSA) is 33.5 Å². The summed E-state index contributed by atoms with van der Waals surface area (Å²) in [7, 11) is 1.69. The zero-order chi connectivity index (χ0) is 11.0. The van der Waals surface area contributed by atoms with Gasteiger partial charge in [-0.2, -0.15) is 0 Å². The number of hydrogen-bond donors (Lipinski definition) is 0. The van der Waals surface area contributed by atoms with E-state index in [4.69, 9.17) is 4.42 Å². The van der Waals surface area contributed by atoms with Crippen LogP contribution in [0.1, 0.15) is 6.92 Å². The molecule has 2 aromatic rings. The first-order chi connectivity index (χ1) is 7.11. The third-order valence-corrected chi connectivity index (χ3v) is 3.06. The van der Waals surface area contributed by atoms with Crippen LogP contribution in [0.2, 0.25) is 0 Å². The monoisotopic (exact) mass is 267 g/mol. The van der Waals surface area contributed by atoms with E-state index in [1.54, 1.807) is 7.05 Å². The Kier molecular flexibility index (Phi) is 2.52. The Hall–Kier alpha value is -1.29. The minimum absolute atomic E-state index is 0.0604. The minimum atomic E-state index is -0.0604. The largest absolute Gasteiger partial charge is 0.439 e. The molecule has 0 aliphatic rings. The number of carbonyl (C=O) groups excluding carboxylic acids is 1. The molecule has 3 nitrogen and oxygen atoms in total.